The van der Waals surface area contributed by atoms with Crippen LogP contribution >= 0.6 is 11.6 Å². The van der Waals surface area contributed by atoms with Gasteiger partial charge in [0.05, 0.1) is 22.9 Å². The van der Waals surface area contributed by atoms with Crippen molar-refractivity contribution in [2.45, 2.75) is 24.8 Å². The molecule has 76 valence electrons. The zero-order valence-corrected chi connectivity index (χ0v) is 8.86. The molecule has 0 aromatic carbocycles. The lowest BCUT2D eigenvalue weighted by molar-refractivity contribution is -0.121. The van der Waals surface area contributed by atoms with Crippen LogP contribution in [0.5, 0.6) is 0 Å². The number of nitrogens with one attached hydrogen (secondary N) is 1. The Hall–Kier alpha value is -0.290. The first kappa shape index (κ1) is 10.8. The summed E-state index contributed by atoms with van der Waals surface area (Å²) in [7, 11) is -3.05. The van der Waals surface area contributed by atoms with Gasteiger partial charge in [-0.1, -0.05) is 6.92 Å². The third-order valence-electron chi connectivity index (χ3n) is 1.95. The minimum Gasteiger partial charge on any atom is -0.351 e. The normalized spacial score (nSPS) is 31.5. The first-order valence-corrected chi connectivity index (χ1v) is 6.34. The summed E-state index contributed by atoms with van der Waals surface area (Å²) in [6, 6.07) is -0.417. The monoisotopic (exact) mass is 225 g/mol. The molecule has 1 saturated heterocycles. The van der Waals surface area contributed by atoms with Crippen molar-refractivity contribution >= 4 is 27.3 Å². The predicted octanol–water partition coefficient (Wildman–Crippen LogP) is -0.0830. The van der Waals surface area contributed by atoms with Crippen molar-refractivity contribution < 1.29 is 13.2 Å². The maximum absolute atomic E-state index is 11.1. The van der Waals surface area contributed by atoms with E-state index in [1.807, 2.05) is 0 Å². The van der Waals surface area contributed by atoms with E-state index >= 15 is 0 Å². The van der Waals surface area contributed by atoms with Gasteiger partial charge in [-0.15, -0.1) is 11.6 Å². The maximum atomic E-state index is 11.1. The van der Waals surface area contributed by atoms with Gasteiger partial charge in [0.15, 0.2) is 9.84 Å². The van der Waals surface area contributed by atoms with Crippen molar-refractivity contribution in [1.29, 1.82) is 0 Å². The Labute approximate surface area is 82.6 Å². The van der Waals surface area contributed by atoms with E-state index in [2.05, 4.69) is 5.32 Å². The molecule has 0 aliphatic carbocycles. The summed E-state index contributed by atoms with van der Waals surface area (Å²) in [5, 5.41) is 2.10. The largest absolute Gasteiger partial charge is 0.351 e. The van der Waals surface area contributed by atoms with Crippen LogP contribution in [0, 0.1) is 0 Å². The summed E-state index contributed by atoms with van der Waals surface area (Å²) in [4.78, 5) is 11.0. The highest BCUT2D eigenvalue weighted by atomic mass is 35.5. The zero-order chi connectivity index (χ0) is 10.1. The molecular formula is C7H12ClNO3S. The van der Waals surface area contributed by atoms with E-state index in [9.17, 15) is 13.2 Å². The molecule has 1 N–H and O–H groups in total. The second-order valence-corrected chi connectivity index (χ2v) is 5.83. The fourth-order valence-corrected chi connectivity index (χ4v) is 3.80. The van der Waals surface area contributed by atoms with E-state index in [4.69, 9.17) is 11.6 Å². The lowest BCUT2D eigenvalue weighted by atomic mass is 10.2. The molecule has 6 heteroatoms. The van der Waals surface area contributed by atoms with Crippen molar-refractivity contribution in [3.63, 3.8) is 0 Å². The molecule has 1 fully saturated rings. The van der Waals surface area contributed by atoms with Crippen LogP contribution < -0.4 is 5.32 Å². The van der Waals surface area contributed by atoms with Gasteiger partial charge in [-0.25, -0.2) is 8.42 Å². The Morgan fingerprint density at radius 2 is 2.15 bits per heavy atom. The molecule has 1 aliphatic heterocycles. The van der Waals surface area contributed by atoms with Gasteiger partial charge in [0.25, 0.3) is 0 Å². The molecule has 1 amide bonds. The van der Waals surface area contributed by atoms with Crippen molar-refractivity contribution in [2.75, 3.05) is 11.5 Å². The summed E-state index contributed by atoms with van der Waals surface area (Å²) >= 11 is 5.77. The highest BCUT2D eigenvalue weighted by Crippen LogP contribution is 2.17. The second-order valence-electron chi connectivity index (χ2n) is 3.12. The van der Waals surface area contributed by atoms with E-state index in [1.54, 1.807) is 6.92 Å². The summed E-state index contributed by atoms with van der Waals surface area (Å²) < 4.78 is 22.2. The fourth-order valence-electron chi connectivity index (χ4n) is 1.25. The third-order valence-corrected chi connectivity index (χ3v) is 4.33. The van der Waals surface area contributed by atoms with Crippen molar-refractivity contribution in [3.8, 4) is 0 Å². The van der Waals surface area contributed by atoms with Gasteiger partial charge in [0, 0.05) is 6.42 Å². The van der Waals surface area contributed by atoms with Gasteiger partial charge in [-0.3, -0.25) is 4.79 Å². The zero-order valence-electron chi connectivity index (χ0n) is 7.29. The van der Waals surface area contributed by atoms with Crippen molar-refractivity contribution in [1.82, 2.24) is 5.32 Å². The number of halogens is 1. The number of hydrogen-bond acceptors (Lipinski definition) is 3. The lowest BCUT2D eigenvalue weighted by Gasteiger charge is -2.12. The average molecular weight is 226 g/mol. The molecular weight excluding hydrogens is 214 g/mol. The first-order chi connectivity index (χ1) is 5.94. The number of carbonyl (C=O) groups is 1. The highest BCUT2D eigenvalue weighted by Gasteiger charge is 2.36. The number of rotatable bonds is 2. The first-order valence-electron chi connectivity index (χ1n) is 4.08. The molecule has 0 spiro atoms. The third kappa shape index (κ3) is 2.84. The Morgan fingerprint density at radius 1 is 1.54 bits per heavy atom. The van der Waals surface area contributed by atoms with Gasteiger partial charge in [0.1, 0.15) is 0 Å². The van der Waals surface area contributed by atoms with Crippen LogP contribution in [0.25, 0.3) is 0 Å². The van der Waals surface area contributed by atoms with Crippen LogP contribution in [-0.4, -0.2) is 37.2 Å². The molecule has 0 saturated carbocycles. The van der Waals surface area contributed by atoms with Crippen LogP contribution in [0.15, 0.2) is 0 Å². The summed E-state index contributed by atoms with van der Waals surface area (Å²) in [5.74, 6) is -0.233. The molecule has 0 aromatic heterocycles. The molecule has 13 heavy (non-hydrogen) atoms. The Morgan fingerprint density at radius 3 is 2.54 bits per heavy atom. The molecule has 0 aromatic rings. The van der Waals surface area contributed by atoms with Crippen LogP contribution in [-0.2, 0) is 14.6 Å². The quantitative estimate of drug-likeness (QED) is 0.669. The van der Waals surface area contributed by atoms with Gasteiger partial charge in [0.2, 0.25) is 5.91 Å². The Bertz CT molecular complexity index is 301. The number of hydrogen-bond donors (Lipinski definition) is 1. The molecule has 4 nitrogen and oxygen atoms in total. The molecule has 1 rings (SSSR count). The fraction of sp³-hybridized carbons (Fsp3) is 0.857. The standard InChI is InChI=1S/C7H12ClNO3S/c1-2-7(10)9-6-4-13(11,12)3-5(6)8/h5-6H,2-4H2,1H3,(H,9,10)/t5-,6-/m1/s1. The van der Waals surface area contributed by atoms with E-state index in [0.717, 1.165) is 0 Å². The molecule has 2 atom stereocenters. The minimum absolute atomic E-state index is 0.0348. The van der Waals surface area contributed by atoms with Crippen LogP contribution in [0.3, 0.4) is 0 Å². The topological polar surface area (TPSA) is 63.2 Å². The van der Waals surface area contributed by atoms with Crippen LogP contribution in [0.4, 0.5) is 0 Å². The number of carbonyl (C=O) groups excluding carboxylic acids is 1. The number of sulfone groups is 1. The summed E-state index contributed by atoms with van der Waals surface area (Å²) in [5.41, 5.74) is 0. The van der Waals surface area contributed by atoms with E-state index < -0.39 is 21.3 Å². The summed E-state index contributed by atoms with van der Waals surface area (Å²) in [6.07, 6.45) is 0.347. The molecule has 1 aliphatic rings. The molecule has 0 radical (unpaired) electrons. The van der Waals surface area contributed by atoms with E-state index in [1.165, 1.54) is 0 Å². The molecule has 0 bridgehead atoms. The SMILES string of the molecule is CCC(=O)N[C@@H]1CS(=O)(=O)C[C@H]1Cl. The van der Waals surface area contributed by atoms with E-state index in [0.29, 0.717) is 6.42 Å². The Balaban J connectivity index is 2.59. The molecule has 0 unspecified atom stereocenters. The predicted molar refractivity (Wildman–Crippen MR) is 50.5 cm³/mol. The lowest BCUT2D eigenvalue weighted by Crippen LogP contribution is -2.40. The average Bonchev–Trinajstić information content (AvgIpc) is 2.24. The van der Waals surface area contributed by atoms with Crippen molar-refractivity contribution in [2.24, 2.45) is 0 Å². The van der Waals surface area contributed by atoms with Gasteiger partial charge in [-0.2, -0.15) is 0 Å². The maximum Gasteiger partial charge on any atom is 0.220 e. The smallest absolute Gasteiger partial charge is 0.220 e. The van der Waals surface area contributed by atoms with Crippen LogP contribution in [0.2, 0.25) is 0 Å². The molecule has 1 heterocycles. The minimum atomic E-state index is -3.05. The van der Waals surface area contributed by atoms with Gasteiger partial charge in [-0.05, 0) is 0 Å². The number of alkyl halides is 1. The number of amides is 1. The van der Waals surface area contributed by atoms with E-state index in [-0.39, 0.29) is 17.4 Å². The Kier molecular flexibility index (Phi) is 3.18. The highest BCUT2D eigenvalue weighted by molar-refractivity contribution is 7.91. The van der Waals surface area contributed by atoms with Crippen molar-refractivity contribution in [3.05, 3.63) is 0 Å². The van der Waals surface area contributed by atoms with Gasteiger partial charge >= 0.3 is 0 Å². The van der Waals surface area contributed by atoms with Crippen LogP contribution in [0.1, 0.15) is 13.3 Å². The second kappa shape index (κ2) is 3.84. The summed E-state index contributed by atoms with van der Waals surface area (Å²) in [6.45, 7) is 1.71. The van der Waals surface area contributed by atoms with Gasteiger partial charge < -0.3 is 5.32 Å².